The first-order valence-electron chi connectivity index (χ1n) is 5.90. The van der Waals surface area contributed by atoms with Crippen LogP contribution in [0, 0.1) is 5.92 Å². The Kier molecular flexibility index (Phi) is 8.08. The molecule has 0 nitrogen and oxygen atoms in total. The maximum Gasteiger partial charge on any atom is -0.0250 e. The van der Waals surface area contributed by atoms with Crippen LogP contribution < -0.4 is 0 Å². The molecule has 0 N–H and O–H groups in total. The second kappa shape index (κ2) is 8.52. The van der Waals surface area contributed by atoms with Crippen molar-refractivity contribution in [2.45, 2.75) is 53.4 Å². The van der Waals surface area contributed by atoms with Gasteiger partial charge in [-0.1, -0.05) is 77.3 Å². The molecule has 0 heterocycles. The Labute approximate surface area is 95.7 Å². The molecule has 0 atom stereocenters. The number of hydrogen-bond donors (Lipinski definition) is 0. The molecule has 1 aromatic rings. The Morgan fingerprint density at radius 2 is 1.47 bits per heavy atom. The van der Waals surface area contributed by atoms with Crippen LogP contribution in [0.2, 0.25) is 0 Å². The normalized spacial score (nSPS) is 10.1. The molecule has 0 radical (unpaired) electrons. The third kappa shape index (κ3) is 5.61. The van der Waals surface area contributed by atoms with Gasteiger partial charge in [-0.2, -0.15) is 0 Å². The van der Waals surface area contributed by atoms with Crippen molar-refractivity contribution in [3.05, 3.63) is 35.9 Å². The highest BCUT2D eigenvalue weighted by molar-refractivity contribution is 5.15. The third-order valence-corrected chi connectivity index (χ3v) is 2.76. The summed E-state index contributed by atoms with van der Waals surface area (Å²) < 4.78 is 0. The first kappa shape index (κ1) is 14.2. The summed E-state index contributed by atoms with van der Waals surface area (Å²) in [6, 6.07) is 10.9. The van der Waals surface area contributed by atoms with Gasteiger partial charge >= 0.3 is 0 Å². The van der Waals surface area contributed by atoms with E-state index in [-0.39, 0.29) is 7.43 Å². The van der Waals surface area contributed by atoms with Gasteiger partial charge in [-0.15, -0.1) is 0 Å². The molecule has 15 heavy (non-hydrogen) atoms. The van der Waals surface area contributed by atoms with E-state index >= 15 is 0 Å². The molecule has 1 rings (SSSR count). The summed E-state index contributed by atoms with van der Waals surface area (Å²) in [5.41, 5.74) is 1.50. The second-order valence-corrected chi connectivity index (χ2v) is 4.13. The quantitative estimate of drug-likeness (QED) is 0.608. The number of rotatable bonds is 6. The van der Waals surface area contributed by atoms with E-state index in [4.69, 9.17) is 0 Å². The molecule has 0 amide bonds. The van der Waals surface area contributed by atoms with Gasteiger partial charge in [-0.05, 0) is 17.9 Å². The highest BCUT2D eigenvalue weighted by atomic mass is 14.1. The van der Waals surface area contributed by atoms with Gasteiger partial charge in [-0.25, -0.2) is 0 Å². The Balaban J connectivity index is 0.00000196. The average Bonchev–Trinajstić information content (AvgIpc) is 2.20. The first-order chi connectivity index (χ1) is 6.86. The Morgan fingerprint density at radius 3 is 1.93 bits per heavy atom. The Bertz CT molecular complexity index is 219. The molecule has 0 fully saturated rings. The van der Waals surface area contributed by atoms with Crippen LogP contribution in [0.1, 0.15) is 52.5 Å². The van der Waals surface area contributed by atoms with Gasteiger partial charge in [-0.3, -0.25) is 0 Å². The number of benzene rings is 1. The van der Waals surface area contributed by atoms with Crippen molar-refractivity contribution in [3.8, 4) is 0 Å². The SMILES string of the molecule is C.CCCC(CCC)Cc1ccccc1. The van der Waals surface area contributed by atoms with Crippen molar-refractivity contribution in [3.63, 3.8) is 0 Å². The predicted octanol–water partition coefficient (Wildman–Crippen LogP) is 5.08. The summed E-state index contributed by atoms with van der Waals surface area (Å²) in [5, 5.41) is 0. The number of hydrogen-bond acceptors (Lipinski definition) is 0. The highest BCUT2D eigenvalue weighted by Crippen LogP contribution is 2.18. The van der Waals surface area contributed by atoms with Crippen LogP contribution in [-0.4, -0.2) is 0 Å². The van der Waals surface area contributed by atoms with E-state index in [9.17, 15) is 0 Å². The molecule has 0 aliphatic rings. The zero-order valence-electron chi connectivity index (χ0n) is 9.50. The molecule has 0 aliphatic heterocycles. The van der Waals surface area contributed by atoms with Crippen LogP contribution in [0.4, 0.5) is 0 Å². The molecule has 0 heteroatoms. The van der Waals surface area contributed by atoms with E-state index < -0.39 is 0 Å². The monoisotopic (exact) mass is 206 g/mol. The first-order valence-corrected chi connectivity index (χ1v) is 5.90. The zero-order valence-corrected chi connectivity index (χ0v) is 9.50. The maximum absolute atomic E-state index is 2.29. The lowest BCUT2D eigenvalue weighted by molar-refractivity contribution is 0.438. The molecule has 0 spiro atoms. The van der Waals surface area contributed by atoms with E-state index in [2.05, 4.69) is 44.2 Å². The summed E-state index contributed by atoms with van der Waals surface area (Å²) in [7, 11) is 0. The van der Waals surface area contributed by atoms with E-state index in [0.717, 1.165) is 5.92 Å². The lowest BCUT2D eigenvalue weighted by Gasteiger charge is -2.14. The topological polar surface area (TPSA) is 0 Å². The molecule has 0 saturated carbocycles. The zero-order chi connectivity index (χ0) is 10.2. The van der Waals surface area contributed by atoms with Crippen molar-refractivity contribution >= 4 is 0 Å². The molecule has 0 aliphatic carbocycles. The minimum absolute atomic E-state index is 0. The molecule has 0 saturated heterocycles. The van der Waals surface area contributed by atoms with E-state index in [1.54, 1.807) is 0 Å². The predicted molar refractivity (Wildman–Crippen MR) is 70.2 cm³/mol. The van der Waals surface area contributed by atoms with Gasteiger partial charge in [0, 0.05) is 0 Å². The van der Waals surface area contributed by atoms with Gasteiger partial charge in [0.25, 0.3) is 0 Å². The fourth-order valence-corrected chi connectivity index (χ4v) is 2.11. The van der Waals surface area contributed by atoms with Gasteiger partial charge in [0.2, 0.25) is 0 Å². The largest absolute Gasteiger partial charge is 0.0776 e. The summed E-state index contributed by atoms with van der Waals surface area (Å²) in [6.45, 7) is 4.57. The fraction of sp³-hybridized carbons (Fsp3) is 0.600. The van der Waals surface area contributed by atoms with Crippen molar-refractivity contribution < 1.29 is 0 Å². The lowest BCUT2D eigenvalue weighted by Crippen LogP contribution is -2.03. The van der Waals surface area contributed by atoms with Crippen LogP contribution >= 0.6 is 0 Å². The van der Waals surface area contributed by atoms with Crippen LogP contribution in [0.15, 0.2) is 30.3 Å². The van der Waals surface area contributed by atoms with Crippen molar-refractivity contribution in [1.82, 2.24) is 0 Å². The van der Waals surface area contributed by atoms with E-state index in [1.807, 2.05) is 0 Å². The van der Waals surface area contributed by atoms with Gasteiger partial charge in [0.1, 0.15) is 0 Å². The summed E-state index contributed by atoms with van der Waals surface area (Å²) in [6.07, 6.45) is 6.66. The molecule has 0 unspecified atom stereocenters. The molecule has 86 valence electrons. The smallest absolute Gasteiger partial charge is 0.0250 e. The minimum atomic E-state index is 0. The van der Waals surface area contributed by atoms with Gasteiger partial charge in [0.05, 0.1) is 0 Å². The fourth-order valence-electron chi connectivity index (χ4n) is 2.11. The molecule has 1 aromatic carbocycles. The lowest BCUT2D eigenvalue weighted by atomic mass is 9.91. The standard InChI is InChI=1S/C14H22.CH4/c1-3-8-13(9-4-2)12-14-10-6-5-7-11-14;/h5-7,10-11,13H,3-4,8-9,12H2,1-2H3;1H4. The Hall–Kier alpha value is -0.780. The third-order valence-electron chi connectivity index (χ3n) is 2.76. The summed E-state index contributed by atoms with van der Waals surface area (Å²) >= 11 is 0. The van der Waals surface area contributed by atoms with E-state index in [1.165, 1.54) is 37.7 Å². The van der Waals surface area contributed by atoms with Gasteiger partial charge < -0.3 is 0 Å². The van der Waals surface area contributed by atoms with Gasteiger partial charge in [0.15, 0.2) is 0 Å². The van der Waals surface area contributed by atoms with Crippen molar-refractivity contribution in [2.75, 3.05) is 0 Å². The summed E-state index contributed by atoms with van der Waals surface area (Å²) in [4.78, 5) is 0. The Morgan fingerprint density at radius 1 is 0.933 bits per heavy atom. The molecule has 0 bridgehead atoms. The van der Waals surface area contributed by atoms with Crippen LogP contribution in [0.25, 0.3) is 0 Å². The molecular weight excluding hydrogens is 180 g/mol. The highest BCUT2D eigenvalue weighted by Gasteiger charge is 2.06. The summed E-state index contributed by atoms with van der Waals surface area (Å²) in [5.74, 6) is 0.896. The van der Waals surface area contributed by atoms with Crippen LogP contribution in [0.5, 0.6) is 0 Å². The minimum Gasteiger partial charge on any atom is -0.0776 e. The van der Waals surface area contributed by atoms with E-state index in [0.29, 0.717) is 0 Å². The average molecular weight is 206 g/mol. The van der Waals surface area contributed by atoms with Crippen molar-refractivity contribution in [2.24, 2.45) is 5.92 Å². The molecular formula is C15H26. The van der Waals surface area contributed by atoms with Crippen LogP contribution in [0.3, 0.4) is 0 Å². The maximum atomic E-state index is 2.29. The second-order valence-electron chi connectivity index (χ2n) is 4.13. The van der Waals surface area contributed by atoms with Crippen molar-refractivity contribution in [1.29, 1.82) is 0 Å². The van der Waals surface area contributed by atoms with Crippen LogP contribution in [-0.2, 0) is 6.42 Å². The molecule has 0 aromatic heterocycles.